The standard InChI is InChI=1S/C23H27N5O3S2/c1-13(2)11-28-21(14-7-9-15(31-3)10-8-14)26-27-23(28)32-12-18(29)25-22-19(20(24)30)16-5-4-6-17(16)33-22/h7-10,13H,4-6,11-12H2,1-3H3,(H2,24,30)(H,25,29). The molecule has 1 aliphatic carbocycles. The summed E-state index contributed by atoms with van der Waals surface area (Å²) in [6.45, 7) is 4.97. The maximum atomic E-state index is 12.7. The topological polar surface area (TPSA) is 112 Å². The number of amides is 2. The van der Waals surface area contributed by atoms with E-state index in [0.29, 0.717) is 21.6 Å². The van der Waals surface area contributed by atoms with Crippen molar-refractivity contribution in [3.63, 3.8) is 0 Å². The monoisotopic (exact) mass is 485 g/mol. The van der Waals surface area contributed by atoms with Gasteiger partial charge in [0.25, 0.3) is 5.91 Å². The molecule has 1 aromatic carbocycles. The lowest BCUT2D eigenvalue weighted by Crippen LogP contribution is -2.19. The van der Waals surface area contributed by atoms with E-state index in [2.05, 4.69) is 29.4 Å². The van der Waals surface area contributed by atoms with E-state index in [1.807, 2.05) is 28.8 Å². The van der Waals surface area contributed by atoms with E-state index in [1.54, 1.807) is 7.11 Å². The molecule has 0 bridgehead atoms. The van der Waals surface area contributed by atoms with Crippen LogP contribution in [0.2, 0.25) is 0 Å². The number of benzene rings is 1. The van der Waals surface area contributed by atoms with E-state index < -0.39 is 5.91 Å². The summed E-state index contributed by atoms with van der Waals surface area (Å²) in [4.78, 5) is 25.8. The molecular weight excluding hydrogens is 458 g/mol. The molecule has 0 aliphatic heterocycles. The van der Waals surface area contributed by atoms with E-state index in [0.717, 1.165) is 53.4 Å². The van der Waals surface area contributed by atoms with Crippen LogP contribution in [-0.2, 0) is 24.2 Å². The van der Waals surface area contributed by atoms with E-state index in [1.165, 1.54) is 23.1 Å². The fraction of sp³-hybridized carbons (Fsp3) is 0.391. The first-order chi connectivity index (χ1) is 15.9. The molecule has 0 radical (unpaired) electrons. The summed E-state index contributed by atoms with van der Waals surface area (Å²) in [5.41, 5.74) is 7.99. The third kappa shape index (κ3) is 5.06. The van der Waals surface area contributed by atoms with Gasteiger partial charge in [-0.15, -0.1) is 21.5 Å². The van der Waals surface area contributed by atoms with Gasteiger partial charge in [0.15, 0.2) is 11.0 Å². The molecule has 1 aliphatic rings. The molecule has 2 aromatic heterocycles. The van der Waals surface area contributed by atoms with E-state index >= 15 is 0 Å². The predicted molar refractivity (Wildman–Crippen MR) is 131 cm³/mol. The van der Waals surface area contributed by atoms with Gasteiger partial charge in [-0.25, -0.2) is 0 Å². The third-order valence-corrected chi connectivity index (χ3v) is 7.54. The summed E-state index contributed by atoms with van der Waals surface area (Å²) < 4.78 is 7.28. The molecule has 4 rings (SSSR count). The summed E-state index contributed by atoms with van der Waals surface area (Å²) in [7, 11) is 1.63. The van der Waals surface area contributed by atoms with Crippen LogP contribution in [-0.4, -0.2) is 39.4 Å². The first-order valence-corrected chi connectivity index (χ1v) is 12.6. The van der Waals surface area contributed by atoms with Crippen molar-refractivity contribution >= 4 is 39.9 Å². The van der Waals surface area contributed by atoms with Crippen molar-refractivity contribution in [3.05, 3.63) is 40.3 Å². The minimum atomic E-state index is -0.488. The van der Waals surface area contributed by atoms with Crippen LogP contribution in [0.3, 0.4) is 0 Å². The number of hydrogen-bond donors (Lipinski definition) is 2. The Balaban J connectivity index is 1.49. The summed E-state index contributed by atoms with van der Waals surface area (Å²) >= 11 is 2.78. The highest BCUT2D eigenvalue weighted by molar-refractivity contribution is 7.99. The molecule has 0 saturated heterocycles. The number of carbonyl (C=O) groups excluding carboxylic acids is 2. The molecule has 0 fully saturated rings. The van der Waals surface area contributed by atoms with Crippen molar-refractivity contribution in [2.24, 2.45) is 11.7 Å². The van der Waals surface area contributed by atoms with Crippen LogP contribution in [0.25, 0.3) is 11.4 Å². The Morgan fingerprint density at radius 2 is 2.00 bits per heavy atom. The fourth-order valence-electron chi connectivity index (χ4n) is 3.92. The number of nitrogens with zero attached hydrogens (tertiary/aromatic N) is 3. The Labute approximate surface area is 200 Å². The van der Waals surface area contributed by atoms with Crippen LogP contribution < -0.4 is 15.8 Å². The number of thioether (sulfide) groups is 1. The lowest BCUT2D eigenvalue weighted by atomic mass is 10.1. The Bertz CT molecular complexity index is 1170. The quantitative estimate of drug-likeness (QED) is 0.443. The lowest BCUT2D eigenvalue weighted by Gasteiger charge is -2.13. The second-order valence-electron chi connectivity index (χ2n) is 8.30. The van der Waals surface area contributed by atoms with Crippen molar-refractivity contribution in [2.75, 3.05) is 18.2 Å². The second kappa shape index (κ2) is 9.96. The highest BCUT2D eigenvalue weighted by atomic mass is 32.2. The van der Waals surface area contributed by atoms with Crippen molar-refractivity contribution in [2.45, 2.75) is 44.8 Å². The summed E-state index contributed by atoms with van der Waals surface area (Å²) in [6, 6.07) is 7.67. The van der Waals surface area contributed by atoms with Gasteiger partial charge in [0.2, 0.25) is 5.91 Å². The van der Waals surface area contributed by atoms with Gasteiger partial charge < -0.3 is 20.4 Å². The lowest BCUT2D eigenvalue weighted by molar-refractivity contribution is -0.113. The van der Waals surface area contributed by atoms with E-state index in [9.17, 15) is 9.59 Å². The molecule has 10 heteroatoms. The number of nitrogens with one attached hydrogen (secondary N) is 1. The van der Waals surface area contributed by atoms with Crippen molar-refractivity contribution in [1.29, 1.82) is 0 Å². The highest BCUT2D eigenvalue weighted by Crippen LogP contribution is 2.39. The number of methoxy groups -OCH3 is 1. The van der Waals surface area contributed by atoms with Gasteiger partial charge in [0.05, 0.1) is 18.4 Å². The molecule has 33 heavy (non-hydrogen) atoms. The van der Waals surface area contributed by atoms with E-state index in [4.69, 9.17) is 10.5 Å². The van der Waals surface area contributed by atoms with Gasteiger partial charge in [-0.3, -0.25) is 9.59 Å². The minimum Gasteiger partial charge on any atom is -0.497 e. The second-order valence-corrected chi connectivity index (χ2v) is 10.3. The average Bonchev–Trinajstić information content (AvgIpc) is 3.46. The highest BCUT2D eigenvalue weighted by Gasteiger charge is 2.26. The molecule has 3 aromatic rings. The molecule has 0 saturated carbocycles. The molecule has 0 spiro atoms. The number of primary amides is 1. The van der Waals surface area contributed by atoms with Crippen LogP contribution in [0.4, 0.5) is 5.00 Å². The number of hydrogen-bond acceptors (Lipinski definition) is 7. The smallest absolute Gasteiger partial charge is 0.251 e. The Morgan fingerprint density at radius 3 is 2.67 bits per heavy atom. The largest absolute Gasteiger partial charge is 0.497 e. The Kier molecular flexibility index (Phi) is 7.04. The van der Waals surface area contributed by atoms with Gasteiger partial charge in [-0.05, 0) is 55.0 Å². The zero-order valence-electron chi connectivity index (χ0n) is 18.9. The average molecular weight is 486 g/mol. The SMILES string of the molecule is COc1ccc(-c2nnc(SCC(=O)Nc3sc4c(c3C(N)=O)CCC4)n2CC(C)C)cc1. The van der Waals surface area contributed by atoms with Crippen molar-refractivity contribution in [1.82, 2.24) is 14.8 Å². The normalized spacial score (nSPS) is 12.7. The van der Waals surface area contributed by atoms with Crippen molar-refractivity contribution < 1.29 is 14.3 Å². The molecule has 174 valence electrons. The molecule has 2 heterocycles. The number of aromatic nitrogens is 3. The zero-order chi connectivity index (χ0) is 23.5. The number of fused-ring (bicyclic) bond motifs is 1. The minimum absolute atomic E-state index is 0.152. The summed E-state index contributed by atoms with van der Waals surface area (Å²) in [5, 5.41) is 12.9. The van der Waals surface area contributed by atoms with E-state index in [-0.39, 0.29) is 11.7 Å². The summed E-state index contributed by atoms with van der Waals surface area (Å²) in [5.74, 6) is 1.36. The maximum Gasteiger partial charge on any atom is 0.251 e. The van der Waals surface area contributed by atoms with Crippen LogP contribution in [0.15, 0.2) is 29.4 Å². The fourth-order valence-corrected chi connectivity index (χ4v) is 5.98. The maximum absolute atomic E-state index is 12.7. The molecule has 2 amide bonds. The predicted octanol–water partition coefficient (Wildman–Crippen LogP) is 3.99. The third-order valence-electron chi connectivity index (χ3n) is 5.37. The van der Waals surface area contributed by atoms with Gasteiger partial charge in [0.1, 0.15) is 10.8 Å². The number of anilines is 1. The van der Waals surface area contributed by atoms with Gasteiger partial charge in [-0.1, -0.05) is 25.6 Å². The van der Waals surface area contributed by atoms with Gasteiger partial charge >= 0.3 is 0 Å². The van der Waals surface area contributed by atoms with Crippen molar-refractivity contribution in [3.8, 4) is 17.1 Å². The Hall–Kier alpha value is -2.85. The van der Waals surface area contributed by atoms with Crippen LogP contribution in [0.1, 0.15) is 41.1 Å². The number of aryl methyl sites for hydroxylation is 1. The first-order valence-electron chi connectivity index (χ1n) is 10.8. The van der Waals surface area contributed by atoms with Crippen LogP contribution in [0, 0.1) is 5.92 Å². The number of nitrogens with two attached hydrogens (primary N) is 1. The van der Waals surface area contributed by atoms with Crippen LogP contribution >= 0.6 is 23.1 Å². The molecule has 8 nitrogen and oxygen atoms in total. The zero-order valence-corrected chi connectivity index (χ0v) is 20.5. The van der Waals surface area contributed by atoms with Gasteiger partial charge in [-0.2, -0.15) is 0 Å². The number of carbonyl (C=O) groups is 2. The van der Waals surface area contributed by atoms with Gasteiger partial charge in [0, 0.05) is 17.0 Å². The number of ether oxygens (including phenoxy) is 1. The first kappa shape index (κ1) is 23.3. The summed E-state index contributed by atoms with van der Waals surface area (Å²) in [6.07, 6.45) is 2.78. The molecule has 0 atom stereocenters. The molecule has 0 unspecified atom stereocenters. The number of thiophene rings is 1. The Morgan fingerprint density at radius 1 is 1.24 bits per heavy atom. The number of rotatable bonds is 9. The molecule has 3 N–H and O–H groups in total. The molecular formula is C23H27N5O3S2. The van der Waals surface area contributed by atoms with Crippen LogP contribution in [0.5, 0.6) is 5.75 Å².